The average molecular weight is 407 g/mol. The highest BCUT2D eigenvalue weighted by molar-refractivity contribution is 5.73. The Kier molecular flexibility index (Phi) is 8.74. The van der Waals surface area contributed by atoms with Crippen LogP contribution in [-0.2, 0) is 23.7 Å². The Hall–Kier alpha value is -1.15. The summed E-state index contributed by atoms with van der Waals surface area (Å²) in [5, 5.41) is 51.8. The molecule has 0 radical (unpaired) electrons. The number of aliphatic hydroxyl groups is 5. The van der Waals surface area contributed by atoms with Gasteiger partial charge in [-0.05, 0) is 0 Å². The number of carbonyl (C=O) groups is 1. The number of ether oxygens (including phenoxy) is 4. The van der Waals surface area contributed by atoms with Gasteiger partial charge in [0.25, 0.3) is 0 Å². The van der Waals surface area contributed by atoms with E-state index in [9.17, 15) is 30.3 Å². The van der Waals surface area contributed by atoms with E-state index in [0.29, 0.717) is 0 Å². The minimum absolute atomic E-state index is 0.0825. The number of aliphatic hydroxyl groups excluding tert-OH is 5. The first-order valence-electron chi connectivity index (χ1n) is 9.04. The van der Waals surface area contributed by atoms with Crippen LogP contribution >= 0.6 is 0 Å². The van der Waals surface area contributed by atoms with Crippen molar-refractivity contribution in [2.45, 2.75) is 68.6 Å². The number of hydrogen-bond donors (Lipinski definition) is 6. The standard InChI is InChI=1S/C17H29NO10/c1-3-4-25-17-13(18-8(2)21)16(15(24)11(7-20)27-17)28-12-5-9(22)14(23)10(6-19)26-12/h3,9-17,19-20,22-24H,1,4-7H2,2H3,(H,18,21)/t9-,10-,11-,12+,13-,14-,15+,16-,17+/m1/s1. The third-order valence-electron chi connectivity index (χ3n) is 4.63. The van der Waals surface area contributed by atoms with Gasteiger partial charge in [0.2, 0.25) is 5.91 Å². The first-order valence-corrected chi connectivity index (χ1v) is 9.04. The maximum Gasteiger partial charge on any atom is 0.217 e. The lowest BCUT2D eigenvalue weighted by Gasteiger charge is -2.46. The van der Waals surface area contributed by atoms with E-state index in [1.54, 1.807) is 0 Å². The van der Waals surface area contributed by atoms with Gasteiger partial charge in [0.05, 0.1) is 25.9 Å². The highest BCUT2D eigenvalue weighted by atomic mass is 16.7. The molecule has 28 heavy (non-hydrogen) atoms. The van der Waals surface area contributed by atoms with Crippen molar-refractivity contribution < 1.29 is 49.3 Å². The molecule has 0 aliphatic carbocycles. The molecule has 0 spiro atoms. The van der Waals surface area contributed by atoms with Gasteiger partial charge in [-0.15, -0.1) is 6.58 Å². The van der Waals surface area contributed by atoms with Crippen molar-refractivity contribution in [1.29, 1.82) is 0 Å². The number of hydrogen-bond acceptors (Lipinski definition) is 10. The molecule has 2 aliphatic rings. The van der Waals surface area contributed by atoms with Crippen LogP contribution < -0.4 is 5.32 Å². The first kappa shape index (κ1) is 23.1. The molecule has 0 bridgehead atoms. The monoisotopic (exact) mass is 407 g/mol. The van der Waals surface area contributed by atoms with Gasteiger partial charge < -0.3 is 49.8 Å². The zero-order valence-corrected chi connectivity index (χ0v) is 15.6. The third kappa shape index (κ3) is 5.47. The molecule has 0 saturated carbocycles. The minimum Gasteiger partial charge on any atom is -0.394 e. The van der Waals surface area contributed by atoms with Gasteiger partial charge in [0, 0.05) is 13.3 Å². The van der Waals surface area contributed by atoms with Gasteiger partial charge in [0.15, 0.2) is 12.6 Å². The summed E-state index contributed by atoms with van der Waals surface area (Å²) >= 11 is 0. The summed E-state index contributed by atoms with van der Waals surface area (Å²) < 4.78 is 22.3. The Morgan fingerprint density at radius 3 is 2.39 bits per heavy atom. The molecular formula is C17H29NO10. The largest absolute Gasteiger partial charge is 0.394 e. The number of carbonyl (C=O) groups excluding carboxylic acids is 1. The lowest BCUT2D eigenvalue weighted by molar-refractivity contribution is -0.321. The van der Waals surface area contributed by atoms with Crippen molar-refractivity contribution in [1.82, 2.24) is 5.32 Å². The molecule has 2 heterocycles. The Balaban J connectivity index is 2.21. The van der Waals surface area contributed by atoms with E-state index >= 15 is 0 Å². The zero-order chi connectivity index (χ0) is 20.8. The molecule has 0 aromatic rings. The van der Waals surface area contributed by atoms with Crippen molar-refractivity contribution in [3.8, 4) is 0 Å². The van der Waals surface area contributed by atoms with Crippen LogP contribution in [0, 0.1) is 0 Å². The summed E-state index contributed by atoms with van der Waals surface area (Å²) in [4.78, 5) is 11.7. The smallest absolute Gasteiger partial charge is 0.217 e. The van der Waals surface area contributed by atoms with E-state index in [1.807, 2.05) is 0 Å². The number of rotatable bonds is 8. The summed E-state index contributed by atoms with van der Waals surface area (Å²) in [6.45, 7) is 3.81. The maximum absolute atomic E-state index is 11.7. The highest BCUT2D eigenvalue weighted by Gasteiger charge is 2.49. The fourth-order valence-electron chi connectivity index (χ4n) is 3.25. The van der Waals surface area contributed by atoms with Crippen molar-refractivity contribution in [2.24, 2.45) is 0 Å². The van der Waals surface area contributed by atoms with Gasteiger partial charge in [-0.25, -0.2) is 0 Å². The predicted octanol–water partition coefficient (Wildman–Crippen LogP) is -3.01. The Labute approximate surface area is 162 Å². The molecule has 0 unspecified atom stereocenters. The van der Waals surface area contributed by atoms with Crippen LogP contribution in [0.1, 0.15) is 13.3 Å². The third-order valence-corrected chi connectivity index (χ3v) is 4.63. The van der Waals surface area contributed by atoms with Crippen LogP contribution in [0.2, 0.25) is 0 Å². The Bertz CT molecular complexity index is 520. The van der Waals surface area contributed by atoms with Crippen molar-refractivity contribution in [2.75, 3.05) is 19.8 Å². The molecule has 0 aromatic carbocycles. The fourth-order valence-corrected chi connectivity index (χ4v) is 3.25. The van der Waals surface area contributed by atoms with Crippen molar-refractivity contribution in [3.63, 3.8) is 0 Å². The van der Waals surface area contributed by atoms with Gasteiger partial charge in [-0.2, -0.15) is 0 Å². The molecule has 9 atom stereocenters. The minimum atomic E-state index is -1.36. The zero-order valence-electron chi connectivity index (χ0n) is 15.6. The average Bonchev–Trinajstić information content (AvgIpc) is 2.66. The maximum atomic E-state index is 11.7. The van der Waals surface area contributed by atoms with E-state index in [2.05, 4.69) is 11.9 Å². The number of nitrogens with one attached hydrogen (secondary N) is 1. The van der Waals surface area contributed by atoms with E-state index in [-0.39, 0.29) is 13.0 Å². The van der Waals surface area contributed by atoms with Crippen molar-refractivity contribution in [3.05, 3.63) is 12.7 Å². The Morgan fingerprint density at radius 2 is 1.82 bits per heavy atom. The highest BCUT2D eigenvalue weighted by Crippen LogP contribution is 2.29. The molecule has 2 aliphatic heterocycles. The van der Waals surface area contributed by atoms with Gasteiger partial charge in [-0.3, -0.25) is 4.79 Å². The second kappa shape index (κ2) is 10.6. The van der Waals surface area contributed by atoms with E-state index < -0.39 is 74.4 Å². The number of amides is 1. The fraction of sp³-hybridized carbons (Fsp3) is 0.824. The SMILES string of the molecule is C=CCO[C@H]1O[C@H](CO)[C@H](O)[C@H](O[C@H]2C[C@@H](O)[C@@H](O)[C@@H](CO)O2)[C@H]1NC(C)=O. The van der Waals surface area contributed by atoms with E-state index in [0.717, 1.165) is 0 Å². The van der Waals surface area contributed by atoms with Crippen LogP contribution in [0.5, 0.6) is 0 Å². The summed E-state index contributed by atoms with van der Waals surface area (Å²) in [6.07, 6.45) is -7.93. The molecule has 0 aromatic heterocycles. The molecular weight excluding hydrogens is 378 g/mol. The quantitative estimate of drug-likeness (QED) is 0.228. The molecule has 11 nitrogen and oxygen atoms in total. The molecule has 2 fully saturated rings. The van der Waals surface area contributed by atoms with Crippen LogP contribution in [0.3, 0.4) is 0 Å². The summed E-state index contributed by atoms with van der Waals surface area (Å²) in [7, 11) is 0. The lowest BCUT2D eigenvalue weighted by Crippen LogP contribution is -2.66. The van der Waals surface area contributed by atoms with Crippen molar-refractivity contribution >= 4 is 5.91 Å². The van der Waals surface area contributed by atoms with E-state index in [1.165, 1.54) is 13.0 Å². The second-order valence-electron chi connectivity index (χ2n) is 6.75. The molecule has 2 rings (SSSR count). The first-order chi connectivity index (χ1) is 13.3. The topological polar surface area (TPSA) is 167 Å². The molecule has 162 valence electrons. The van der Waals surface area contributed by atoms with Gasteiger partial charge in [0.1, 0.15) is 36.6 Å². The molecule has 2 saturated heterocycles. The Morgan fingerprint density at radius 1 is 1.18 bits per heavy atom. The summed E-state index contributed by atoms with van der Waals surface area (Å²) in [5.74, 6) is -0.433. The lowest BCUT2D eigenvalue weighted by atomic mass is 9.96. The molecule has 6 N–H and O–H groups in total. The molecule has 11 heteroatoms. The van der Waals surface area contributed by atoms with Crippen LogP contribution in [0.15, 0.2) is 12.7 Å². The van der Waals surface area contributed by atoms with E-state index in [4.69, 9.17) is 18.9 Å². The summed E-state index contributed by atoms with van der Waals surface area (Å²) in [6, 6.07) is -0.963. The second-order valence-corrected chi connectivity index (χ2v) is 6.75. The predicted molar refractivity (Wildman–Crippen MR) is 92.8 cm³/mol. The van der Waals surface area contributed by atoms with Gasteiger partial charge in [-0.1, -0.05) is 6.08 Å². The summed E-state index contributed by atoms with van der Waals surface area (Å²) in [5.41, 5.74) is 0. The van der Waals surface area contributed by atoms with Gasteiger partial charge >= 0.3 is 0 Å². The normalized spacial score (nSPS) is 41.4. The van der Waals surface area contributed by atoms with Crippen LogP contribution in [-0.4, -0.2) is 107 Å². The van der Waals surface area contributed by atoms with Crippen LogP contribution in [0.25, 0.3) is 0 Å². The molecule has 1 amide bonds. The van der Waals surface area contributed by atoms with Crippen LogP contribution in [0.4, 0.5) is 0 Å².